The molecule has 0 bridgehead atoms. The van der Waals surface area contributed by atoms with Gasteiger partial charge in [-0.25, -0.2) is 0 Å². The van der Waals surface area contributed by atoms with Gasteiger partial charge < -0.3 is 20.7 Å². The van der Waals surface area contributed by atoms with Crippen molar-refractivity contribution in [2.24, 2.45) is 5.73 Å². The van der Waals surface area contributed by atoms with Gasteiger partial charge in [0.2, 0.25) is 11.8 Å². The molecule has 0 unspecified atom stereocenters. The Hall–Kier alpha value is -2.86. The van der Waals surface area contributed by atoms with Gasteiger partial charge in [0.05, 0.1) is 0 Å². The van der Waals surface area contributed by atoms with E-state index >= 15 is 0 Å². The van der Waals surface area contributed by atoms with Gasteiger partial charge in [0.1, 0.15) is 12.4 Å². The molecule has 2 aromatic rings. The highest BCUT2D eigenvalue weighted by Gasteiger charge is 2.13. The molecule has 6 heteroatoms. The summed E-state index contributed by atoms with van der Waals surface area (Å²) in [5, 5.41) is 2.96. The van der Waals surface area contributed by atoms with E-state index < -0.39 is 5.91 Å². The lowest BCUT2D eigenvalue weighted by molar-refractivity contribution is -0.121. The summed E-state index contributed by atoms with van der Waals surface area (Å²) < 4.78 is 5.77. The molecule has 29 heavy (non-hydrogen) atoms. The van der Waals surface area contributed by atoms with Gasteiger partial charge >= 0.3 is 0 Å². The first-order valence-corrected chi connectivity index (χ1v) is 10.2. The summed E-state index contributed by atoms with van der Waals surface area (Å²) in [6, 6.07) is 15.1. The average Bonchev–Trinajstić information content (AvgIpc) is 3.25. The molecule has 1 aliphatic rings. The normalized spacial score (nSPS) is 13.9. The molecule has 3 N–H and O–H groups in total. The molecule has 1 fully saturated rings. The van der Waals surface area contributed by atoms with Crippen LogP contribution in [-0.4, -0.2) is 42.9 Å². The molecule has 0 saturated carbocycles. The summed E-state index contributed by atoms with van der Waals surface area (Å²) in [6.07, 6.45) is 3.28. The van der Waals surface area contributed by atoms with Crippen molar-refractivity contribution in [2.45, 2.75) is 32.3 Å². The minimum absolute atomic E-state index is 0.0102. The number of carbonyl (C=O) groups excluding carboxylic acids is 2. The number of hydrogen-bond donors (Lipinski definition) is 2. The monoisotopic (exact) mass is 395 g/mol. The summed E-state index contributed by atoms with van der Waals surface area (Å²) in [5.74, 6) is 0.0603. The Morgan fingerprint density at radius 3 is 2.55 bits per heavy atom. The van der Waals surface area contributed by atoms with Crippen LogP contribution >= 0.6 is 0 Å². The number of amides is 2. The first-order chi connectivity index (χ1) is 14.1. The van der Waals surface area contributed by atoms with Crippen molar-refractivity contribution >= 4 is 11.8 Å². The predicted octanol–water partition coefficient (Wildman–Crippen LogP) is 2.51. The number of hydrogen-bond acceptors (Lipinski definition) is 4. The van der Waals surface area contributed by atoms with Crippen LogP contribution in [0.15, 0.2) is 48.5 Å². The van der Waals surface area contributed by atoms with Crippen molar-refractivity contribution in [2.75, 3.05) is 26.2 Å². The minimum Gasteiger partial charge on any atom is -0.489 e. The van der Waals surface area contributed by atoms with E-state index in [-0.39, 0.29) is 5.91 Å². The highest BCUT2D eigenvalue weighted by Crippen LogP contribution is 2.20. The van der Waals surface area contributed by atoms with Gasteiger partial charge in [-0.05, 0) is 55.6 Å². The van der Waals surface area contributed by atoms with E-state index in [1.807, 2.05) is 42.5 Å². The van der Waals surface area contributed by atoms with Crippen LogP contribution in [0.25, 0.3) is 0 Å². The Morgan fingerprint density at radius 2 is 1.83 bits per heavy atom. The third kappa shape index (κ3) is 6.61. The fraction of sp³-hybridized carbons (Fsp3) is 0.391. The molecule has 0 spiro atoms. The number of carbonyl (C=O) groups is 2. The van der Waals surface area contributed by atoms with Gasteiger partial charge in [0.25, 0.3) is 0 Å². The summed E-state index contributed by atoms with van der Waals surface area (Å²) in [6.45, 7) is 4.21. The van der Waals surface area contributed by atoms with Crippen LogP contribution in [0, 0.1) is 0 Å². The molecular weight excluding hydrogens is 366 g/mol. The van der Waals surface area contributed by atoms with Gasteiger partial charge in [0, 0.05) is 25.1 Å². The lowest BCUT2D eigenvalue weighted by Crippen LogP contribution is -2.33. The van der Waals surface area contributed by atoms with Crippen molar-refractivity contribution in [1.82, 2.24) is 10.2 Å². The van der Waals surface area contributed by atoms with E-state index in [4.69, 9.17) is 10.5 Å². The van der Waals surface area contributed by atoms with E-state index in [0.29, 0.717) is 37.3 Å². The average molecular weight is 396 g/mol. The van der Waals surface area contributed by atoms with E-state index in [0.717, 1.165) is 30.8 Å². The molecule has 3 rings (SSSR count). The van der Waals surface area contributed by atoms with Crippen LogP contribution in [0.2, 0.25) is 0 Å². The SMILES string of the molecule is NC(=O)c1cc(OCc2ccccc2)ccc1CCC(=O)NCCN1CCCC1. The third-order valence-corrected chi connectivity index (χ3v) is 5.17. The molecule has 0 atom stereocenters. The summed E-state index contributed by atoms with van der Waals surface area (Å²) in [4.78, 5) is 26.4. The Labute approximate surface area is 172 Å². The first-order valence-electron chi connectivity index (χ1n) is 10.2. The fourth-order valence-electron chi connectivity index (χ4n) is 3.53. The number of aryl methyl sites for hydroxylation is 1. The maximum atomic E-state index is 12.1. The number of nitrogens with zero attached hydrogens (tertiary/aromatic N) is 1. The largest absolute Gasteiger partial charge is 0.489 e. The molecular formula is C23H29N3O3. The number of benzene rings is 2. The molecule has 1 aliphatic heterocycles. The van der Waals surface area contributed by atoms with Crippen molar-refractivity contribution in [3.63, 3.8) is 0 Å². The zero-order valence-electron chi connectivity index (χ0n) is 16.7. The van der Waals surface area contributed by atoms with Crippen LogP contribution in [0.3, 0.4) is 0 Å². The molecule has 1 saturated heterocycles. The highest BCUT2D eigenvalue weighted by atomic mass is 16.5. The van der Waals surface area contributed by atoms with Crippen molar-refractivity contribution in [3.05, 3.63) is 65.2 Å². The quantitative estimate of drug-likeness (QED) is 0.647. The zero-order valence-corrected chi connectivity index (χ0v) is 16.7. The fourth-order valence-corrected chi connectivity index (χ4v) is 3.53. The molecule has 6 nitrogen and oxygen atoms in total. The molecule has 2 aromatic carbocycles. The molecule has 0 aliphatic carbocycles. The number of nitrogens with two attached hydrogens (primary N) is 1. The van der Waals surface area contributed by atoms with Gasteiger partial charge in [0.15, 0.2) is 0 Å². The molecule has 154 valence electrons. The second kappa shape index (κ2) is 10.6. The summed E-state index contributed by atoms with van der Waals surface area (Å²) in [5.41, 5.74) is 7.76. The summed E-state index contributed by atoms with van der Waals surface area (Å²) >= 11 is 0. The third-order valence-electron chi connectivity index (χ3n) is 5.17. The van der Waals surface area contributed by atoms with Gasteiger partial charge in [-0.15, -0.1) is 0 Å². The number of likely N-dealkylation sites (tertiary alicyclic amines) is 1. The zero-order chi connectivity index (χ0) is 20.5. The van der Waals surface area contributed by atoms with Crippen molar-refractivity contribution < 1.29 is 14.3 Å². The predicted molar refractivity (Wildman–Crippen MR) is 113 cm³/mol. The first kappa shape index (κ1) is 20.9. The lowest BCUT2D eigenvalue weighted by Gasteiger charge is -2.15. The Kier molecular flexibility index (Phi) is 7.64. The topological polar surface area (TPSA) is 84.7 Å². The Balaban J connectivity index is 1.50. The van der Waals surface area contributed by atoms with Crippen LogP contribution < -0.4 is 15.8 Å². The minimum atomic E-state index is -0.514. The maximum Gasteiger partial charge on any atom is 0.249 e. The molecule has 0 radical (unpaired) electrons. The van der Waals surface area contributed by atoms with E-state index in [1.165, 1.54) is 12.8 Å². The second-order valence-corrected chi connectivity index (χ2v) is 7.36. The van der Waals surface area contributed by atoms with Crippen molar-refractivity contribution in [3.8, 4) is 5.75 Å². The van der Waals surface area contributed by atoms with E-state index in [2.05, 4.69) is 10.2 Å². The van der Waals surface area contributed by atoms with E-state index in [1.54, 1.807) is 6.07 Å². The highest BCUT2D eigenvalue weighted by molar-refractivity contribution is 5.95. The second-order valence-electron chi connectivity index (χ2n) is 7.36. The number of primary amides is 1. The van der Waals surface area contributed by atoms with Crippen molar-refractivity contribution in [1.29, 1.82) is 0 Å². The maximum absolute atomic E-state index is 12.1. The van der Waals surface area contributed by atoms with E-state index in [9.17, 15) is 9.59 Å². The van der Waals surface area contributed by atoms with Gasteiger partial charge in [-0.2, -0.15) is 0 Å². The van der Waals surface area contributed by atoms with Crippen LogP contribution in [0.4, 0.5) is 0 Å². The lowest BCUT2D eigenvalue weighted by atomic mass is 10.0. The summed E-state index contributed by atoms with van der Waals surface area (Å²) in [7, 11) is 0. The van der Waals surface area contributed by atoms with Gasteiger partial charge in [-0.3, -0.25) is 9.59 Å². The van der Waals surface area contributed by atoms with Crippen LogP contribution in [0.1, 0.15) is 40.7 Å². The van der Waals surface area contributed by atoms with Crippen LogP contribution in [-0.2, 0) is 17.8 Å². The van der Waals surface area contributed by atoms with Crippen LogP contribution in [0.5, 0.6) is 5.75 Å². The molecule has 1 heterocycles. The number of rotatable bonds is 10. The Morgan fingerprint density at radius 1 is 1.07 bits per heavy atom. The smallest absolute Gasteiger partial charge is 0.249 e. The number of nitrogens with one attached hydrogen (secondary N) is 1. The number of ether oxygens (including phenoxy) is 1. The Bertz CT molecular complexity index is 817. The molecule has 2 amide bonds. The van der Waals surface area contributed by atoms with Gasteiger partial charge in [-0.1, -0.05) is 36.4 Å². The standard InChI is InChI=1S/C23H29N3O3/c24-23(28)21-16-20(29-17-18-6-2-1-3-7-18)10-8-19(21)9-11-22(27)25-12-15-26-13-4-5-14-26/h1-3,6-8,10,16H,4-5,9,11-15,17H2,(H2,24,28)(H,25,27). The molecule has 0 aromatic heterocycles.